The summed E-state index contributed by atoms with van der Waals surface area (Å²) in [5.74, 6) is 1.82. The van der Waals surface area contributed by atoms with Crippen LogP contribution in [0.5, 0.6) is 11.5 Å². The van der Waals surface area contributed by atoms with Crippen molar-refractivity contribution in [3.05, 3.63) is 138 Å². The number of nitrogens with one attached hydrogen (secondary N) is 1. The van der Waals surface area contributed by atoms with Gasteiger partial charge in [-0.2, -0.15) is 0 Å². The van der Waals surface area contributed by atoms with Crippen molar-refractivity contribution in [2.45, 2.75) is 42.9 Å². The molecular formula is C41H32BN2OS. The molecule has 0 spiro atoms. The Bertz CT molecular complexity index is 2240. The third-order valence-electron chi connectivity index (χ3n) is 9.70. The number of fused-ring (bicyclic) bond motifs is 6. The molecule has 0 amide bonds. The summed E-state index contributed by atoms with van der Waals surface area (Å²) in [6.07, 6.45) is 0. The average Bonchev–Trinajstić information content (AvgIpc) is 3.05. The number of benzene rings is 6. The van der Waals surface area contributed by atoms with Gasteiger partial charge >= 0.3 is 0 Å². The van der Waals surface area contributed by atoms with Gasteiger partial charge in [0.1, 0.15) is 11.5 Å². The Morgan fingerprint density at radius 2 is 1.46 bits per heavy atom. The number of para-hydroxylation sites is 4. The quantitative estimate of drug-likeness (QED) is 0.201. The molecule has 221 valence electrons. The van der Waals surface area contributed by atoms with E-state index in [4.69, 9.17) is 4.74 Å². The van der Waals surface area contributed by atoms with Gasteiger partial charge in [-0.15, -0.1) is 0 Å². The standard InChI is InChI=1S/C41H32BN2OS/c1-24-20-27(39-34(21-24)44-33-16-8-10-18-37(33)46-38-19-11-14-30(42-39)40(38)44)26-22-29-36(23-32(26)43-31-15-7-5-12-25(31)2)45-35-17-9-6-13-28(35)41(29,3)4/h5-23,43H,1-4H3. The summed E-state index contributed by atoms with van der Waals surface area (Å²) < 4.78 is 6.63. The molecule has 3 aliphatic rings. The fourth-order valence-corrected chi connectivity index (χ4v) is 8.46. The molecular weight excluding hydrogens is 579 g/mol. The maximum Gasteiger partial charge on any atom is 0.197 e. The Balaban J connectivity index is 1.31. The fourth-order valence-electron chi connectivity index (χ4n) is 7.36. The first-order valence-electron chi connectivity index (χ1n) is 15.9. The van der Waals surface area contributed by atoms with Gasteiger partial charge in [0.2, 0.25) is 0 Å². The van der Waals surface area contributed by atoms with E-state index in [0.717, 1.165) is 28.4 Å². The van der Waals surface area contributed by atoms with Gasteiger partial charge in [-0.3, -0.25) is 0 Å². The van der Waals surface area contributed by atoms with Gasteiger partial charge in [-0.05, 0) is 78.5 Å². The Hall–Kier alpha value is -4.87. The Kier molecular flexibility index (Phi) is 6.01. The van der Waals surface area contributed by atoms with Gasteiger partial charge in [0.15, 0.2) is 7.28 Å². The number of aryl methyl sites for hydroxylation is 2. The predicted molar refractivity (Wildman–Crippen MR) is 194 cm³/mol. The van der Waals surface area contributed by atoms with E-state index in [1.165, 1.54) is 65.6 Å². The highest BCUT2D eigenvalue weighted by molar-refractivity contribution is 7.99. The normalized spacial score (nSPS) is 14.5. The second-order valence-corrected chi connectivity index (χ2v) is 14.1. The van der Waals surface area contributed by atoms with Crippen LogP contribution in [0.25, 0.3) is 11.1 Å². The number of hydrogen-bond acceptors (Lipinski definition) is 4. The SMILES string of the molecule is Cc1cc(-c2cc3c(cc2Nc2ccccc2C)Oc2ccccc2C3(C)C)c2c(c1)N1c3ccccc3Sc3cccc(c31)[B]2. The van der Waals surface area contributed by atoms with Crippen LogP contribution in [0.1, 0.15) is 36.1 Å². The largest absolute Gasteiger partial charge is 0.457 e. The van der Waals surface area contributed by atoms with Crippen molar-refractivity contribution in [1.29, 1.82) is 0 Å². The van der Waals surface area contributed by atoms with Crippen LogP contribution in [0.3, 0.4) is 0 Å². The summed E-state index contributed by atoms with van der Waals surface area (Å²) in [5, 5.41) is 3.84. The summed E-state index contributed by atoms with van der Waals surface area (Å²) >= 11 is 1.86. The first-order valence-corrected chi connectivity index (χ1v) is 16.7. The maximum absolute atomic E-state index is 6.63. The van der Waals surface area contributed by atoms with Crippen molar-refractivity contribution < 1.29 is 4.74 Å². The summed E-state index contributed by atoms with van der Waals surface area (Å²) in [6.45, 7) is 8.98. The van der Waals surface area contributed by atoms with Gasteiger partial charge < -0.3 is 15.0 Å². The zero-order valence-electron chi connectivity index (χ0n) is 26.3. The van der Waals surface area contributed by atoms with E-state index in [9.17, 15) is 0 Å². The molecule has 3 aliphatic heterocycles. The molecule has 0 aliphatic carbocycles. The van der Waals surface area contributed by atoms with Gasteiger partial charge in [0, 0.05) is 49.3 Å². The van der Waals surface area contributed by atoms with E-state index >= 15 is 0 Å². The lowest BCUT2D eigenvalue weighted by atomic mass is 9.58. The van der Waals surface area contributed by atoms with Crippen LogP contribution in [0, 0.1) is 13.8 Å². The van der Waals surface area contributed by atoms with E-state index in [0.29, 0.717) is 0 Å². The third kappa shape index (κ3) is 4.08. The van der Waals surface area contributed by atoms with Crippen molar-refractivity contribution in [3.63, 3.8) is 0 Å². The second kappa shape index (κ2) is 10.1. The average molecular weight is 612 g/mol. The lowest BCUT2D eigenvalue weighted by Gasteiger charge is -2.40. The molecule has 6 aromatic rings. The number of hydrogen-bond donors (Lipinski definition) is 1. The lowest BCUT2D eigenvalue weighted by Crippen LogP contribution is -2.42. The Labute approximate surface area is 275 Å². The molecule has 0 bridgehead atoms. The maximum atomic E-state index is 6.63. The predicted octanol–water partition coefficient (Wildman–Crippen LogP) is 10.0. The molecule has 3 heterocycles. The van der Waals surface area contributed by atoms with Gasteiger partial charge in [0.05, 0.1) is 17.1 Å². The van der Waals surface area contributed by atoms with Gasteiger partial charge in [0.25, 0.3) is 0 Å². The Morgan fingerprint density at radius 1 is 0.674 bits per heavy atom. The first kappa shape index (κ1) is 27.4. The second-order valence-electron chi connectivity index (χ2n) is 13.0. The number of rotatable bonds is 3. The molecule has 0 fully saturated rings. The van der Waals surface area contributed by atoms with Crippen molar-refractivity contribution in [2.75, 3.05) is 10.2 Å². The van der Waals surface area contributed by atoms with Crippen LogP contribution in [0.15, 0.2) is 125 Å². The summed E-state index contributed by atoms with van der Waals surface area (Å²) in [5.41, 5.74) is 15.2. The van der Waals surface area contributed by atoms with Crippen LogP contribution in [-0.4, -0.2) is 7.28 Å². The van der Waals surface area contributed by atoms with Crippen molar-refractivity contribution in [3.8, 4) is 22.6 Å². The number of anilines is 5. The van der Waals surface area contributed by atoms with Crippen LogP contribution in [-0.2, 0) is 5.41 Å². The minimum atomic E-state index is -0.238. The first-order chi connectivity index (χ1) is 22.4. The fraction of sp³-hybridized carbons (Fsp3) is 0.122. The van der Waals surface area contributed by atoms with Crippen LogP contribution in [0.2, 0.25) is 0 Å². The van der Waals surface area contributed by atoms with E-state index < -0.39 is 0 Å². The zero-order chi connectivity index (χ0) is 31.2. The molecule has 46 heavy (non-hydrogen) atoms. The van der Waals surface area contributed by atoms with Gasteiger partial charge in [-0.25, -0.2) is 0 Å². The summed E-state index contributed by atoms with van der Waals surface area (Å²) in [4.78, 5) is 5.05. The monoisotopic (exact) mass is 611 g/mol. The minimum absolute atomic E-state index is 0.238. The van der Waals surface area contributed by atoms with E-state index in [1.807, 2.05) is 11.8 Å². The zero-order valence-corrected chi connectivity index (χ0v) is 27.1. The molecule has 0 saturated carbocycles. The highest BCUT2D eigenvalue weighted by Gasteiger charge is 2.37. The van der Waals surface area contributed by atoms with Crippen molar-refractivity contribution >= 4 is 58.4 Å². The summed E-state index contributed by atoms with van der Waals surface area (Å²) in [7, 11) is 2.39. The molecule has 5 heteroatoms. The third-order valence-corrected chi connectivity index (χ3v) is 10.8. The smallest absolute Gasteiger partial charge is 0.197 e. The van der Waals surface area contributed by atoms with Crippen molar-refractivity contribution in [1.82, 2.24) is 0 Å². The number of nitrogens with zero attached hydrogens (tertiary/aromatic N) is 1. The van der Waals surface area contributed by atoms with E-state index in [2.05, 4.69) is 160 Å². The lowest BCUT2D eigenvalue weighted by molar-refractivity contribution is 0.418. The molecule has 0 unspecified atom stereocenters. The minimum Gasteiger partial charge on any atom is -0.457 e. The highest BCUT2D eigenvalue weighted by atomic mass is 32.2. The molecule has 0 saturated heterocycles. The molecule has 6 aromatic carbocycles. The van der Waals surface area contributed by atoms with Crippen LogP contribution < -0.4 is 25.9 Å². The van der Waals surface area contributed by atoms with Crippen LogP contribution in [0.4, 0.5) is 28.4 Å². The van der Waals surface area contributed by atoms with E-state index in [1.54, 1.807) is 0 Å². The van der Waals surface area contributed by atoms with Crippen LogP contribution >= 0.6 is 11.8 Å². The van der Waals surface area contributed by atoms with Crippen molar-refractivity contribution in [2.24, 2.45) is 0 Å². The molecule has 1 radical (unpaired) electrons. The van der Waals surface area contributed by atoms with E-state index in [-0.39, 0.29) is 5.41 Å². The Morgan fingerprint density at radius 3 is 2.35 bits per heavy atom. The van der Waals surface area contributed by atoms with Gasteiger partial charge in [-0.1, -0.05) is 97.8 Å². The molecule has 0 atom stereocenters. The topological polar surface area (TPSA) is 24.5 Å². The molecule has 9 rings (SSSR count). The highest BCUT2D eigenvalue weighted by Crippen LogP contribution is 2.53. The molecule has 3 nitrogen and oxygen atoms in total. The summed E-state index contributed by atoms with van der Waals surface area (Å²) in [6, 6.07) is 41.6. The molecule has 1 N–H and O–H groups in total. The number of ether oxygens (including phenoxy) is 1. The molecule has 0 aromatic heterocycles.